The Hall–Kier alpha value is -2.57. The molecule has 0 saturated carbocycles. The zero-order valence-electron chi connectivity index (χ0n) is 20.8. The summed E-state index contributed by atoms with van der Waals surface area (Å²) < 4.78 is 32.1. The number of carbonyl (C=O) groups is 2. The van der Waals surface area contributed by atoms with Gasteiger partial charge in [-0.15, -0.1) is 0 Å². The minimum absolute atomic E-state index is 0.0160. The minimum atomic E-state index is -3.66. The van der Waals surface area contributed by atoms with Crippen LogP contribution in [0.4, 0.5) is 0 Å². The van der Waals surface area contributed by atoms with E-state index in [2.05, 4.69) is 20.8 Å². The van der Waals surface area contributed by atoms with E-state index in [0.29, 0.717) is 31.7 Å². The Balaban J connectivity index is 1.68. The van der Waals surface area contributed by atoms with Crippen LogP contribution in [0.25, 0.3) is 5.76 Å². The summed E-state index contributed by atoms with van der Waals surface area (Å²) in [5.74, 6) is -1.77. The summed E-state index contributed by atoms with van der Waals surface area (Å²) in [6.07, 6.45) is 0.661. The zero-order valence-corrected chi connectivity index (χ0v) is 23.2. The predicted octanol–water partition coefficient (Wildman–Crippen LogP) is 2.84. The smallest absolute Gasteiger partial charge is 0.295 e. The van der Waals surface area contributed by atoms with Crippen molar-refractivity contribution in [2.75, 3.05) is 53.5 Å². The number of amides is 1. The van der Waals surface area contributed by atoms with E-state index < -0.39 is 27.8 Å². The third kappa shape index (κ3) is 5.80. The molecule has 0 radical (unpaired) electrons. The third-order valence-electron chi connectivity index (χ3n) is 6.59. The van der Waals surface area contributed by atoms with Gasteiger partial charge in [0.05, 0.1) is 29.7 Å². The van der Waals surface area contributed by atoms with Crippen molar-refractivity contribution in [3.63, 3.8) is 0 Å². The molecule has 0 spiro atoms. The molecule has 2 aliphatic heterocycles. The van der Waals surface area contributed by atoms with Crippen LogP contribution in [0.1, 0.15) is 23.6 Å². The SMILES string of the molecule is CN(C)S(=O)(=O)c1ccc(/C(O)=C2\C(=O)C(=O)N(CCCN3CCOCC3)[C@H]2c2cccc(Br)c2)cc1. The molecule has 11 heteroatoms. The summed E-state index contributed by atoms with van der Waals surface area (Å²) in [6, 6.07) is 12.2. The average molecular weight is 593 g/mol. The Morgan fingerprint density at radius 3 is 2.38 bits per heavy atom. The van der Waals surface area contributed by atoms with Crippen molar-refractivity contribution in [2.45, 2.75) is 17.4 Å². The van der Waals surface area contributed by atoms with E-state index in [1.165, 1.54) is 43.3 Å². The highest BCUT2D eigenvalue weighted by Gasteiger charge is 2.45. The van der Waals surface area contributed by atoms with Crippen molar-refractivity contribution in [2.24, 2.45) is 0 Å². The fourth-order valence-electron chi connectivity index (χ4n) is 4.57. The number of hydrogen-bond donors (Lipinski definition) is 1. The first-order valence-electron chi connectivity index (χ1n) is 12.0. The molecule has 198 valence electrons. The van der Waals surface area contributed by atoms with Gasteiger partial charge in [0, 0.05) is 50.3 Å². The van der Waals surface area contributed by atoms with Crippen LogP contribution in [-0.2, 0) is 24.3 Å². The fraction of sp³-hybridized carbons (Fsp3) is 0.385. The summed E-state index contributed by atoms with van der Waals surface area (Å²) in [7, 11) is -0.791. The summed E-state index contributed by atoms with van der Waals surface area (Å²) in [5, 5.41) is 11.2. The number of ether oxygens (including phenoxy) is 1. The van der Waals surface area contributed by atoms with Gasteiger partial charge in [0.2, 0.25) is 10.0 Å². The maximum atomic E-state index is 13.2. The molecule has 2 aromatic rings. The van der Waals surface area contributed by atoms with E-state index in [-0.39, 0.29) is 21.8 Å². The monoisotopic (exact) mass is 591 g/mol. The Morgan fingerprint density at radius 1 is 1.08 bits per heavy atom. The number of aliphatic hydroxyl groups excluding tert-OH is 1. The second kappa shape index (κ2) is 11.4. The summed E-state index contributed by atoms with van der Waals surface area (Å²) in [6.45, 7) is 4.12. The Labute approximate surface area is 225 Å². The molecule has 0 aromatic heterocycles. The highest BCUT2D eigenvalue weighted by atomic mass is 79.9. The Kier molecular flexibility index (Phi) is 8.49. The van der Waals surface area contributed by atoms with Crippen LogP contribution >= 0.6 is 15.9 Å². The van der Waals surface area contributed by atoms with Crippen molar-refractivity contribution in [3.8, 4) is 0 Å². The minimum Gasteiger partial charge on any atom is -0.507 e. The first-order chi connectivity index (χ1) is 17.6. The number of sulfonamides is 1. The molecule has 4 rings (SSSR count). The Morgan fingerprint density at radius 2 is 1.76 bits per heavy atom. The van der Waals surface area contributed by atoms with E-state index in [4.69, 9.17) is 4.74 Å². The molecule has 2 aromatic carbocycles. The normalized spacial score (nSPS) is 20.6. The van der Waals surface area contributed by atoms with Gasteiger partial charge in [0.15, 0.2) is 0 Å². The van der Waals surface area contributed by atoms with Crippen LogP contribution < -0.4 is 0 Å². The van der Waals surface area contributed by atoms with Crippen LogP contribution in [0.5, 0.6) is 0 Å². The topological polar surface area (TPSA) is 107 Å². The Bertz CT molecular complexity index is 1300. The van der Waals surface area contributed by atoms with Gasteiger partial charge in [0.1, 0.15) is 5.76 Å². The van der Waals surface area contributed by atoms with Crippen molar-refractivity contribution in [1.29, 1.82) is 0 Å². The van der Waals surface area contributed by atoms with Crippen LogP contribution in [0.2, 0.25) is 0 Å². The molecule has 2 saturated heterocycles. The quantitative estimate of drug-likeness (QED) is 0.286. The van der Waals surface area contributed by atoms with Gasteiger partial charge < -0.3 is 14.7 Å². The van der Waals surface area contributed by atoms with Gasteiger partial charge in [-0.3, -0.25) is 14.5 Å². The first kappa shape index (κ1) is 27.5. The van der Waals surface area contributed by atoms with Gasteiger partial charge >= 0.3 is 0 Å². The number of morpholine rings is 1. The van der Waals surface area contributed by atoms with Gasteiger partial charge in [-0.1, -0.05) is 28.1 Å². The second-order valence-electron chi connectivity index (χ2n) is 9.17. The summed E-state index contributed by atoms with van der Waals surface area (Å²) in [5.41, 5.74) is 0.926. The van der Waals surface area contributed by atoms with Crippen molar-refractivity contribution in [3.05, 3.63) is 69.7 Å². The predicted molar refractivity (Wildman–Crippen MR) is 142 cm³/mol. The van der Waals surface area contributed by atoms with Crippen LogP contribution in [0.15, 0.2) is 63.5 Å². The average Bonchev–Trinajstić information content (AvgIpc) is 3.14. The van der Waals surface area contributed by atoms with Gasteiger partial charge in [-0.2, -0.15) is 0 Å². The fourth-order valence-corrected chi connectivity index (χ4v) is 5.89. The maximum Gasteiger partial charge on any atom is 0.295 e. The van der Waals surface area contributed by atoms with Crippen molar-refractivity contribution >= 4 is 43.4 Å². The van der Waals surface area contributed by atoms with E-state index >= 15 is 0 Å². The van der Waals surface area contributed by atoms with E-state index in [1.54, 1.807) is 0 Å². The van der Waals surface area contributed by atoms with Crippen molar-refractivity contribution < 1.29 is 27.9 Å². The number of hydrogen-bond acceptors (Lipinski definition) is 7. The maximum absolute atomic E-state index is 13.2. The molecule has 2 aliphatic rings. The third-order valence-corrected chi connectivity index (χ3v) is 8.91. The summed E-state index contributed by atoms with van der Waals surface area (Å²) in [4.78, 5) is 30.2. The van der Waals surface area contributed by atoms with Gasteiger partial charge in [-0.25, -0.2) is 12.7 Å². The number of aliphatic hydroxyl groups is 1. The second-order valence-corrected chi connectivity index (χ2v) is 12.2. The van der Waals surface area contributed by atoms with E-state index in [9.17, 15) is 23.1 Å². The van der Waals surface area contributed by atoms with Gasteiger partial charge in [-0.05, 0) is 48.4 Å². The van der Waals surface area contributed by atoms with E-state index in [0.717, 1.165) is 28.4 Å². The lowest BCUT2D eigenvalue weighted by atomic mass is 9.95. The van der Waals surface area contributed by atoms with Crippen molar-refractivity contribution in [1.82, 2.24) is 14.1 Å². The molecule has 1 amide bonds. The van der Waals surface area contributed by atoms with E-state index in [1.807, 2.05) is 24.3 Å². The lowest BCUT2D eigenvalue weighted by molar-refractivity contribution is -0.140. The van der Waals surface area contributed by atoms with Gasteiger partial charge in [0.25, 0.3) is 11.7 Å². The number of nitrogens with zero attached hydrogens (tertiary/aromatic N) is 3. The number of likely N-dealkylation sites (tertiary alicyclic amines) is 1. The molecule has 2 fully saturated rings. The van der Waals surface area contributed by atoms with Crippen LogP contribution in [0, 0.1) is 0 Å². The molecule has 1 atom stereocenters. The number of carbonyl (C=O) groups excluding carboxylic acids is 2. The standard InChI is InChI=1S/C26H30BrN3O6S/c1-28(2)37(34,35)21-9-7-18(8-10-21)24(31)22-23(19-5-3-6-20(27)17-19)30(26(33)25(22)32)12-4-11-29-13-15-36-16-14-29/h3,5-10,17,23,31H,4,11-16H2,1-2H3/b24-22+/t23-/m0/s1. The molecular weight excluding hydrogens is 562 g/mol. The molecular formula is C26H30BrN3O6S. The molecule has 1 N–H and O–H groups in total. The van der Waals surface area contributed by atoms with Crippen LogP contribution in [-0.4, -0.2) is 92.8 Å². The number of Topliss-reactive ketones (excluding diaryl/α,β-unsaturated/α-hetero) is 1. The largest absolute Gasteiger partial charge is 0.507 e. The molecule has 0 unspecified atom stereocenters. The number of ketones is 1. The number of benzene rings is 2. The van der Waals surface area contributed by atoms with Crippen LogP contribution in [0.3, 0.4) is 0 Å². The number of halogens is 1. The zero-order chi connectivity index (χ0) is 26.7. The molecule has 37 heavy (non-hydrogen) atoms. The molecule has 0 bridgehead atoms. The summed E-state index contributed by atoms with van der Waals surface area (Å²) >= 11 is 3.46. The first-order valence-corrected chi connectivity index (χ1v) is 14.2. The lowest BCUT2D eigenvalue weighted by Crippen LogP contribution is -2.38. The molecule has 2 heterocycles. The molecule has 9 nitrogen and oxygen atoms in total. The molecule has 0 aliphatic carbocycles. The highest BCUT2D eigenvalue weighted by Crippen LogP contribution is 2.40. The number of rotatable bonds is 8. The lowest BCUT2D eigenvalue weighted by Gasteiger charge is -2.29. The highest BCUT2D eigenvalue weighted by molar-refractivity contribution is 9.10.